The molecule has 1 atom stereocenters. The Bertz CT molecular complexity index is 1110. The molecule has 1 aliphatic rings. The fourth-order valence-corrected chi connectivity index (χ4v) is 3.60. The maximum Gasteiger partial charge on any atom is 0.256 e. The highest BCUT2D eigenvalue weighted by molar-refractivity contribution is 5.97. The van der Waals surface area contributed by atoms with Crippen molar-refractivity contribution in [3.8, 4) is 5.75 Å². The molecule has 1 unspecified atom stereocenters. The number of aryl methyl sites for hydroxylation is 1. The molecule has 6 heteroatoms. The zero-order valence-electron chi connectivity index (χ0n) is 17.3. The van der Waals surface area contributed by atoms with E-state index in [9.17, 15) is 4.79 Å². The van der Waals surface area contributed by atoms with Gasteiger partial charge < -0.3 is 19.2 Å². The van der Waals surface area contributed by atoms with Crippen LogP contribution in [0.2, 0.25) is 0 Å². The Morgan fingerprint density at radius 1 is 1.23 bits per heavy atom. The minimum atomic E-state index is -0.232. The number of carbonyl (C=O) groups excluding carboxylic acids is 1. The lowest BCUT2D eigenvalue weighted by molar-refractivity contribution is 0.0854. The quantitative estimate of drug-likeness (QED) is 0.668. The van der Waals surface area contributed by atoms with Crippen molar-refractivity contribution < 1.29 is 18.7 Å². The predicted octanol–water partition coefficient (Wildman–Crippen LogP) is 4.15. The second-order valence-corrected chi connectivity index (χ2v) is 7.32. The van der Waals surface area contributed by atoms with Crippen LogP contribution in [0.4, 0.5) is 5.69 Å². The van der Waals surface area contributed by atoms with Crippen molar-refractivity contribution in [3.63, 3.8) is 0 Å². The number of hydrogen-bond donors (Lipinski definition) is 1. The summed E-state index contributed by atoms with van der Waals surface area (Å²) < 4.78 is 17.1. The van der Waals surface area contributed by atoms with Gasteiger partial charge in [-0.3, -0.25) is 4.79 Å². The number of para-hydroxylation sites is 1. The Kier molecular flexibility index (Phi) is 6.14. The van der Waals surface area contributed by atoms with Crippen LogP contribution >= 0.6 is 0 Å². The number of amides is 1. The van der Waals surface area contributed by atoms with Crippen molar-refractivity contribution >= 4 is 22.6 Å². The average molecular weight is 406 g/mol. The number of hydrogen-bond acceptors (Lipinski definition) is 5. The van der Waals surface area contributed by atoms with Gasteiger partial charge in [-0.2, -0.15) is 0 Å². The Morgan fingerprint density at radius 2 is 2.10 bits per heavy atom. The summed E-state index contributed by atoms with van der Waals surface area (Å²) >= 11 is 0. The third kappa shape index (κ3) is 4.39. The summed E-state index contributed by atoms with van der Waals surface area (Å²) in [5.74, 6) is 0.363. The molecule has 0 spiro atoms. The number of benzene rings is 2. The number of nitrogens with one attached hydrogen (secondary N) is 1. The van der Waals surface area contributed by atoms with E-state index in [0.717, 1.165) is 36.9 Å². The largest absolute Gasteiger partial charge is 0.493 e. The Morgan fingerprint density at radius 3 is 2.87 bits per heavy atom. The number of fused-ring (bicyclic) bond motifs is 1. The molecule has 2 aromatic carbocycles. The van der Waals surface area contributed by atoms with Crippen LogP contribution < -0.4 is 15.6 Å². The predicted molar refractivity (Wildman–Crippen MR) is 115 cm³/mol. The molecule has 30 heavy (non-hydrogen) atoms. The third-order valence-corrected chi connectivity index (χ3v) is 5.27. The Hall–Kier alpha value is -3.12. The van der Waals surface area contributed by atoms with Crippen LogP contribution in [0.5, 0.6) is 5.75 Å². The van der Waals surface area contributed by atoms with E-state index in [1.165, 1.54) is 5.56 Å². The van der Waals surface area contributed by atoms with Gasteiger partial charge in [-0.25, -0.2) is 4.99 Å². The monoisotopic (exact) mass is 406 g/mol. The van der Waals surface area contributed by atoms with E-state index in [0.29, 0.717) is 23.4 Å². The van der Waals surface area contributed by atoms with Gasteiger partial charge in [-0.15, -0.1) is 0 Å². The van der Waals surface area contributed by atoms with Gasteiger partial charge in [0, 0.05) is 18.5 Å². The molecular formula is C24H26N2O4. The summed E-state index contributed by atoms with van der Waals surface area (Å²) in [6.07, 6.45) is 2.95. The summed E-state index contributed by atoms with van der Waals surface area (Å²) in [5.41, 5.74) is 3.10. The molecule has 0 aliphatic carbocycles. The highest BCUT2D eigenvalue weighted by atomic mass is 16.5. The first kappa shape index (κ1) is 20.2. The van der Waals surface area contributed by atoms with Crippen molar-refractivity contribution in [2.45, 2.75) is 32.3 Å². The van der Waals surface area contributed by atoms with Crippen molar-refractivity contribution in [1.29, 1.82) is 0 Å². The summed E-state index contributed by atoms with van der Waals surface area (Å²) in [6.45, 7) is 3.31. The van der Waals surface area contributed by atoms with E-state index < -0.39 is 0 Å². The molecule has 1 aliphatic heterocycles. The van der Waals surface area contributed by atoms with Crippen molar-refractivity contribution in [1.82, 2.24) is 5.32 Å². The molecular weight excluding hydrogens is 380 g/mol. The minimum absolute atomic E-state index is 0.0630. The van der Waals surface area contributed by atoms with Crippen LogP contribution in [0, 0.1) is 0 Å². The summed E-state index contributed by atoms with van der Waals surface area (Å²) in [7, 11) is 1.59. The van der Waals surface area contributed by atoms with E-state index in [1.807, 2.05) is 36.4 Å². The van der Waals surface area contributed by atoms with Crippen molar-refractivity contribution in [2.24, 2.45) is 4.99 Å². The van der Waals surface area contributed by atoms with Crippen LogP contribution in [-0.2, 0) is 11.2 Å². The van der Waals surface area contributed by atoms with E-state index >= 15 is 0 Å². The van der Waals surface area contributed by atoms with Crippen LogP contribution in [0.1, 0.15) is 35.7 Å². The zero-order chi connectivity index (χ0) is 20.9. The SMILES string of the molecule is CCc1cccc(N=c2oc3c(OC)cccc3cc2C(=O)NCC2CCCO2)c1. The van der Waals surface area contributed by atoms with Gasteiger partial charge in [-0.1, -0.05) is 31.2 Å². The number of methoxy groups -OCH3 is 1. The van der Waals surface area contributed by atoms with Crippen LogP contribution in [-0.4, -0.2) is 32.3 Å². The molecule has 1 aromatic heterocycles. The average Bonchev–Trinajstić information content (AvgIpc) is 3.30. The van der Waals surface area contributed by atoms with Gasteiger partial charge in [0.1, 0.15) is 5.56 Å². The number of nitrogens with zero attached hydrogens (tertiary/aromatic N) is 1. The normalized spacial score (nSPS) is 16.7. The first-order valence-corrected chi connectivity index (χ1v) is 10.3. The molecule has 6 nitrogen and oxygen atoms in total. The van der Waals surface area contributed by atoms with Gasteiger partial charge in [0.2, 0.25) is 5.55 Å². The molecule has 1 saturated heterocycles. The van der Waals surface area contributed by atoms with Crippen LogP contribution in [0.15, 0.2) is 57.9 Å². The molecule has 156 valence electrons. The van der Waals surface area contributed by atoms with Gasteiger partial charge in [0.15, 0.2) is 11.3 Å². The molecule has 4 rings (SSSR count). The Balaban J connectivity index is 1.78. The lowest BCUT2D eigenvalue weighted by atomic mass is 10.1. The molecule has 1 fully saturated rings. The van der Waals surface area contributed by atoms with Gasteiger partial charge in [-0.05, 0) is 49.1 Å². The van der Waals surface area contributed by atoms with Crippen LogP contribution in [0.25, 0.3) is 11.0 Å². The van der Waals surface area contributed by atoms with E-state index in [1.54, 1.807) is 13.2 Å². The smallest absolute Gasteiger partial charge is 0.256 e. The highest BCUT2D eigenvalue weighted by Crippen LogP contribution is 2.25. The lowest BCUT2D eigenvalue weighted by Gasteiger charge is -2.12. The molecule has 3 aromatic rings. The zero-order valence-corrected chi connectivity index (χ0v) is 17.3. The maximum atomic E-state index is 13.0. The van der Waals surface area contributed by atoms with Gasteiger partial charge >= 0.3 is 0 Å². The van der Waals surface area contributed by atoms with Gasteiger partial charge in [0.05, 0.1) is 18.9 Å². The maximum absolute atomic E-state index is 13.0. The van der Waals surface area contributed by atoms with Crippen molar-refractivity contribution in [2.75, 3.05) is 20.3 Å². The van der Waals surface area contributed by atoms with Crippen LogP contribution in [0.3, 0.4) is 0 Å². The van der Waals surface area contributed by atoms with Crippen molar-refractivity contribution in [3.05, 3.63) is 65.2 Å². The van der Waals surface area contributed by atoms with E-state index in [2.05, 4.69) is 23.3 Å². The third-order valence-electron chi connectivity index (χ3n) is 5.27. The van der Waals surface area contributed by atoms with Gasteiger partial charge in [0.25, 0.3) is 5.91 Å². The summed E-state index contributed by atoms with van der Waals surface area (Å²) in [4.78, 5) is 17.7. The standard InChI is InChI=1S/C24H26N2O4/c1-3-16-7-4-9-18(13-16)26-24-20(23(27)25-15-19-10-6-12-29-19)14-17-8-5-11-21(28-2)22(17)30-24/h4-5,7-9,11,13-14,19H,3,6,10,12,15H2,1-2H3,(H,25,27). The number of carbonyl (C=O) groups is 1. The topological polar surface area (TPSA) is 73.1 Å². The molecule has 1 N–H and O–H groups in total. The summed E-state index contributed by atoms with van der Waals surface area (Å²) in [6, 6.07) is 15.3. The summed E-state index contributed by atoms with van der Waals surface area (Å²) in [5, 5.41) is 3.74. The molecule has 2 heterocycles. The molecule has 1 amide bonds. The van der Waals surface area contributed by atoms with E-state index in [-0.39, 0.29) is 17.6 Å². The fourth-order valence-electron chi connectivity index (χ4n) is 3.60. The minimum Gasteiger partial charge on any atom is -0.493 e. The molecule has 0 bridgehead atoms. The first-order valence-electron chi connectivity index (χ1n) is 10.3. The lowest BCUT2D eigenvalue weighted by Crippen LogP contribution is -2.34. The second-order valence-electron chi connectivity index (χ2n) is 7.32. The number of rotatable bonds is 6. The first-order chi connectivity index (χ1) is 14.7. The Labute approximate surface area is 175 Å². The second kappa shape index (κ2) is 9.13. The molecule has 0 saturated carbocycles. The fraction of sp³-hybridized carbons (Fsp3) is 0.333. The highest BCUT2D eigenvalue weighted by Gasteiger charge is 2.19. The van der Waals surface area contributed by atoms with E-state index in [4.69, 9.17) is 13.9 Å². The molecule has 0 radical (unpaired) electrons. The number of ether oxygens (including phenoxy) is 2.